The quantitative estimate of drug-likeness (QED) is 0.432. The molecule has 0 aliphatic rings. The molecule has 0 bridgehead atoms. The molecule has 1 aromatic heterocycles. The van der Waals surface area contributed by atoms with Crippen molar-refractivity contribution in [2.24, 2.45) is 11.8 Å². The minimum atomic E-state index is -0.200. The Bertz CT molecular complexity index is 956. The van der Waals surface area contributed by atoms with Crippen molar-refractivity contribution in [3.05, 3.63) is 41.6 Å². The van der Waals surface area contributed by atoms with Gasteiger partial charge in [-0.2, -0.15) is 5.10 Å². The Morgan fingerprint density at radius 2 is 1.82 bits per heavy atom. The zero-order valence-corrected chi connectivity index (χ0v) is 22.4. The molecule has 1 aromatic carbocycles. The van der Waals surface area contributed by atoms with Gasteiger partial charge in [-0.25, -0.2) is 4.68 Å². The molecule has 0 saturated carbocycles. The highest BCUT2D eigenvalue weighted by atomic mass is 16.2. The largest absolute Gasteiger partial charge is 0.333 e. The van der Waals surface area contributed by atoms with Crippen LogP contribution in [0.2, 0.25) is 0 Å². The fourth-order valence-corrected chi connectivity index (χ4v) is 4.06. The van der Waals surface area contributed by atoms with E-state index in [1.54, 1.807) is 9.58 Å². The van der Waals surface area contributed by atoms with Crippen molar-refractivity contribution >= 4 is 17.6 Å². The van der Waals surface area contributed by atoms with E-state index in [1.807, 2.05) is 37.3 Å². The van der Waals surface area contributed by atoms with Crippen LogP contribution in [0.25, 0.3) is 5.69 Å². The SMILES string of the molecule is CCCCC(CC)C(=O)N(CC(=O)Nc1cc(C(C)(C)C)nn1-c1ccccc1C)CC(C)C. The Labute approximate surface area is 206 Å². The molecule has 2 rings (SSSR count). The number of nitrogens with zero attached hydrogens (tertiary/aromatic N) is 3. The van der Waals surface area contributed by atoms with Gasteiger partial charge >= 0.3 is 0 Å². The highest BCUT2D eigenvalue weighted by Gasteiger charge is 2.26. The zero-order valence-electron chi connectivity index (χ0n) is 22.4. The lowest BCUT2D eigenvalue weighted by molar-refractivity contribution is -0.139. The molecule has 34 heavy (non-hydrogen) atoms. The molecule has 0 spiro atoms. The first-order chi connectivity index (χ1) is 16.0. The summed E-state index contributed by atoms with van der Waals surface area (Å²) in [6.07, 6.45) is 3.76. The summed E-state index contributed by atoms with van der Waals surface area (Å²) in [4.78, 5) is 28.3. The van der Waals surface area contributed by atoms with Crippen molar-refractivity contribution in [1.82, 2.24) is 14.7 Å². The normalized spacial score (nSPS) is 12.6. The molecule has 1 N–H and O–H groups in total. The number of carbonyl (C=O) groups is 2. The van der Waals surface area contributed by atoms with E-state index in [-0.39, 0.29) is 35.6 Å². The first kappa shape index (κ1) is 27.6. The third-order valence-electron chi connectivity index (χ3n) is 6.07. The Balaban J connectivity index is 2.30. The number of nitrogens with one attached hydrogen (secondary N) is 1. The van der Waals surface area contributed by atoms with Gasteiger partial charge in [-0.15, -0.1) is 0 Å². The molecule has 0 fully saturated rings. The molecule has 6 nitrogen and oxygen atoms in total. The Morgan fingerprint density at radius 3 is 2.38 bits per heavy atom. The maximum absolute atomic E-state index is 13.3. The lowest BCUT2D eigenvalue weighted by Gasteiger charge is -2.28. The summed E-state index contributed by atoms with van der Waals surface area (Å²) >= 11 is 0. The third-order valence-corrected chi connectivity index (χ3v) is 6.07. The van der Waals surface area contributed by atoms with Gasteiger partial charge in [-0.1, -0.05) is 79.5 Å². The fourth-order valence-electron chi connectivity index (χ4n) is 4.06. The average molecular weight is 469 g/mol. The molecule has 1 unspecified atom stereocenters. The molecule has 1 atom stereocenters. The molecular formula is C28H44N4O2. The molecule has 6 heteroatoms. The Hall–Kier alpha value is -2.63. The van der Waals surface area contributed by atoms with E-state index in [2.05, 4.69) is 53.8 Å². The number of aromatic nitrogens is 2. The number of benzene rings is 1. The van der Waals surface area contributed by atoms with Gasteiger partial charge in [0.25, 0.3) is 0 Å². The van der Waals surface area contributed by atoms with Crippen LogP contribution in [0.1, 0.15) is 85.4 Å². The van der Waals surface area contributed by atoms with E-state index < -0.39 is 0 Å². The summed E-state index contributed by atoms with van der Waals surface area (Å²) in [6, 6.07) is 9.93. The number of para-hydroxylation sites is 1. The van der Waals surface area contributed by atoms with Crippen LogP contribution in [0, 0.1) is 18.8 Å². The maximum atomic E-state index is 13.3. The van der Waals surface area contributed by atoms with Crippen molar-refractivity contribution in [1.29, 1.82) is 0 Å². The van der Waals surface area contributed by atoms with Gasteiger partial charge in [-0.05, 0) is 37.3 Å². The molecule has 2 aromatic rings. The monoisotopic (exact) mass is 468 g/mol. The summed E-state index contributed by atoms with van der Waals surface area (Å²) in [5, 5.41) is 7.88. The van der Waals surface area contributed by atoms with Crippen molar-refractivity contribution in [3.8, 4) is 5.69 Å². The third kappa shape index (κ3) is 7.44. The van der Waals surface area contributed by atoms with Gasteiger partial charge in [0.2, 0.25) is 11.8 Å². The van der Waals surface area contributed by atoms with Crippen LogP contribution in [0.15, 0.2) is 30.3 Å². The van der Waals surface area contributed by atoms with Gasteiger partial charge in [0, 0.05) is 23.9 Å². The molecule has 0 aliphatic carbocycles. The number of hydrogen-bond acceptors (Lipinski definition) is 3. The van der Waals surface area contributed by atoms with Crippen LogP contribution in [0.5, 0.6) is 0 Å². The molecule has 0 radical (unpaired) electrons. The standard InChI is InChI=1S/C28H44N4O2/c1-9-11-15-22(10-2)27(34)31(18-20(3)4)19-26(33)29-25-17-24(28(6,7)8)30-32(25)23-16-13-12-14-21(23)5/h12-14,16-17,20,22H,9-11,15,18-19H2,1-8H3,(H,29,33). The van der Waals surface area contributed by atoms with E-state index in [9.17, 15) is 9.59 Å². The lowest BCUT2D eigenvalue weighted by atomic mass is 9.92. The second-order valence-electron chi connectivity index (χ2n) is 10.8. The summed E-state index contributed by atoms with van der Waals surface area (Å²) in [5.74, 6) is 0.762. The highest BCUT2D eigenvalue weighted by Crippen LogP contribution is 2.27. The van der Waals surface area contributed by atoms with Crippen LogP contribution >= 0.6 is 0 Å². The fraction of sp³-hybridized carbons (Fsp3) is 0.607. The van der Waals surface area contributed by atoms with Crippen molar-refractivity contribution in [2.75, 3.05) is 18.4 Å². The Kier molecular flexibility index (Phi) is 9.90. The number of aryl methyl sites for hydroxylation is 1. The van der Waals surface area contributed by atoms with E-state index >= 15 is 0 Å². The zero-order chi connectivity index (χ0) is 25.5. The highest BCUT2D eigenvalue weighted by molar-refractivity contribution is 5.94. The summed E-state index contributed by atoms with van der Waals surface area (Å²) < 4.78 is 1.80. The van der Waals surface area contributed by atoms with E-state index in [4.69, 9.17) is 5.10 Å². The van der Waals surface area contributed by atoms with Crippen LogP contribution in [-0.2, 0) is 15.0 Å². The predicted molar refractivity (Wildman–Crippen MR) is 140 cm³/mol. The van der Waals surface area contributed by atoms with Crippen LogP contribution in [-0.4, -0.2) is 39.6 Å². The number of rotatable bonds is 11. The number of unbranched alkanes of at least 4 members (excludes halogenated alkanes) is 1. The molecule has 0 saturated heterocycles. The summed E-state index contributed by atoms with van der Waals surface area (Å²) in [7, 11) is 0. The van der Waals surface area contributed by atoms with Gasteiger partial charge in [0.05, 0.1) is 17.9 Å². The smallest absolute Gasteiger partial charge is 0.245 e. The first-order valence-electron chi connectivity index (χ1n) is 12.7. The minimum Gasteiger partial charge on any atom is -0.333 e. The van der Waals surface area contributed by atoms with Gasteiger partial charge in [-0.3, -0.25) is 9.59 Å². The number of hydrogen-bond donors (Lipinski definition) is 1. The van der Waals surface area contributed by atoms with Crippen LogP contribution in [0.4, 0.5) is 5.82 Å². The molecular weight excluding hydrogens is 424 g/mol. The predicted octanol–water partition coefficient (Wildman–Crippen LogP) is 6.12. The van der Waals surface area contributed by atoms with E-state index in [0.29, 0.717) is 12.4 Å². The molecule has 0 aliphatic heterocycles. The van der Waals surface area contributed by atoms with Gasteiger partial charge < -0.3 is 10.2 Å². The maximum Gasteiger partial charge on any atom is 0.245 e. The second-order valence-corrected chi connectivity index (χ2v) is 10.8. The summed E-state index contributed by atoms with van der Waals surface area (Å²) in [5.41, 5.74) is 2.72. The average Bonchev–Trinajstić information content (AvgIpc) is 3.17. The van der Waals surface area contributed by atoms with Crippen LogP contribution in [0.3, 0.4) is 0 Å². The van der Waals surface area contributed by atoms with Gasteiger partial charge in [0.15, 0.2) is 0 Å². The number of amides is 2. The second kappa shape index (κ2) is 12.2. The molecule has 1 heterocycles. The first-order valence-corrected chi connectivity index (χ1v) is 12.7. The minimum absolute atomic E-state index is 0.0310. The van der Waals surface area contributed by atoms with Crippen molar-refractivity contribution < 1.29 is 9.59 Å². The summed E-state index contributed by atoms with van der Waals surface area (Å²) in [6.45, 7) is 17.3. The lowest BCUT2D eigenvalue weighted by Crippen LogP contribution is -2.43. The van der Waals surface area contributed by atoms with Crippen LogP contribution < -0.4 is 5.32 Å². The van der Waals surface area contributed by atoms with Gasteiger partial charge in [0.1, 0.15) is 5.82 Å². The number of anilines is 1. The molecule has 188 valence electrons. The van der Waals surface area contributed by atoms with Crippen molar-refractivity contribution in [3.63, 3.8) is 0 Å². The molecule has 2 amide bonds. The van der Waals surface area contributed by atoms with E-state index in [1.165, 1.54) is 0 Å². The van der Waals surface area contributed by atoms with E-state index in [0.717, 1.165) is 42.6 Å². The topological polar surface area (TPSA) is 67.2 Å². The van der Waals surface area contributed by atoms with Crippen molar-refractivity contribution in [2.45, 2.75) is 86.5 Å². The Morgan fingerprint density at radius 1 is 1.15 bits per heavy atom. The number of carbonyl (C=O) groups excluding carboxylic acids is 2.